The van der Waals surface area contributed by atoms with Gasteiger partial charge < -0.3 is 10.7 Å². The molecule has 0 aliphatic rings. The Hall–Kier alpha value is -1.39. The van der Waals surface area contributed by atoms with E-state index in [-0.39, 0.29) is 11.1 Å². The molecule has 90 valence electrons. The van der Waals surface area contributed by atoms with Crippen LogP contribution in [0.25, 0.3) is 11.3 Å². The van der Waals surface area contributed by atoms with Crippen molar-refractivity contribution < 1.29 is 4.39 Å². The van der Waals surface area contributed by atoms with Crippen molar-refractivity contribution in [3.05, 3.63) is 41.1 Å². The van der Waals surface area contributed by atoms with Gasteiger partial charge in [0, 0.05) is 18.0 Å². The van der Waals surface area contributed by atoms with Crippen molar-refractivity contribution in [1.29, 1.82) is 0 Å². The van der Waals surface area contributed by atoms with Crippen LogP contribution in [0.5, 0.6) is 0 Å². The number of rotatable bonds is 3. The summed E-state index contributed by atoms with van der Waals surface area (Å²) in [7, 11) is 0. The first-order valence-corrected chi connectivity index (χ1v) is 5.69. The maximum absolute atomic E-state index is 13.0. The van der Waals surface area contributed by atoms with E-state index in [2.05, 4.69) is 9.97 Å². The number of nitrogens with two attached hydrogens (primary N) is 1. The van der Waals surface area contributed by atoms with Gasteiger partial charge in [-0.3, -0.25) is 0 Å². The zero-order valence-electron chi connectivity index (χ0n) is 9.37. The average Bonchev–Trinajstić information content (AvgIpc) is 2.69. The number of nitrogens with one attached hydrogen (secondary N) is 1. The van der Waals surface area contributed by atoms with Crippen molar-refractivity contribution in [2.24, 2.45) is 5.73 Å². The summed E-state index contributed by atoms with van der Waals surface area (Å²) in [5.74, 6) is 0.390. The zero-order chi connectivity index (χ0) is 12.4. The van der Waals surface area contributed by atoms with Gasteiger partial charge in [0.2, 0.25) is 0 Å². The quantitative estimate of drug-likeness (QED) is 0.884. The molecule has 0 amide bonds. The molecule has 0 fully saturated rings. The van der Waals surface area contributed by atoms with Gasteiger partial charge in [-0.15, -0.1) is 0 Å². The Kier molecular flexibility index (Phi) is 3.45. The highest BCUT2D eigenvalue weighted by atomic mass is 35.5. The Morgan fingerprint density at radius 3 is 2.94 bits per heavy atom. The second-order valence-electron chi connectivity index (χ2n) is 4.05. The third-order valence-corrected chi connectivity index (χ3v) is 2.66. The van der Waals surface area contributed by atoms with Crippen LogP contribution in [0.3, 0.4) is 0 Å². The van der Waals surface area contributed by atoms with E-state index in [0.29, 0.717) is 6.42 Å². The maximum atomic E-state index is 13.0. The maximum Gasteiger partial charge on any atom is 0.141 e. The van der Waals surface area contributed by atoms with E-state index in [1.807, 2.05) is 6.92 Å². The van der Waals surface area contributed by atoms with Gasteiger partial charge in [-0.2, -0.15) is 0 Å². The number of aromatic nitrogens is 2. The lowest BCUT2D eigenvalue weighted by Gasteiger charge is -2.01. The molecule has 3 N–H and O–H groups in total. The minimum absolute atomic E-state index is 0.0470. The highest BCUT2D eigenvalue weighted by Crippen LogP contribution is 2.23. The minimum Gasteiger partial charge on any atom is -0.342 e. The van der Waals surface area contributed by atoms with Gasteiger partial charge in [0.1, 0.15) is 11.6 Å². The monoisotopic (exact) mass is 253 g/mol. The van der Waals surface area contributed by atoms with Gasteiger partial charge in [0.05, 0.1) is 16.9 Å². The Labute approximate surface area is 104 Å². The molecule has 17 heavy (non-hydrogen) atoms. The van der Waals surface area contributed by atoms with Crippen LogP contribution in [0.2, 0.25) is 5.02 Å². The zero-order valence-corrected chi connectivity index (χ0v) is 10.1. The third kappa shape index (κ3) is 2.84. The predicted molar refractivity (Wildman–Crippen MR) is 66.3 cm³/mol. The van der Waals surface area contributed by atoms with Crippen LogP contribution in [0.1, 0.15) is 12.7 Å². The van der Waals surface area contributed by atoms with E-state index >= 15 is 0 Å². The molecule has 0 radical (unpaired) electrons. The van der Waals surface area contributed by atoms with E-state index in [1.54, 1.807) is 18.3 Å². The molecule has 1 aromatic heterocycles. The number of H-pyrrole nitrogens is 1. The fourth-order valence-electron chi connectivity index (χ4n) is 1.58. The standard InChI is InChI=1S/C12H13ClFN3/c1-7(15)4-12-16-6-11(17-12)8-2-3-10(14)9(13)5-8/h2-3,5-7H,4,15H2,1H3,(H,16,17). The fourth-order valence-corrected chi connectivity index (χ4v) is 1.76. The van der Waals surface area contributed by atoms with Crippen molar-refractivity contribution in [3.63, 3.8) is 0 Å². The first kappa shape index (κ1) is 12.1. The molecule has 1 unspecified atom stereocenters. The lowest BCUT2D eigenvalue weighted by Crippen LogP contribution is -2.18. The molecule has 0 spiro atoms. The number of imidazole rings is 1. The molecule has 5 heteroatoms. The average molecular weight is 254 g/mol. The lowest BCUT2D eigenvalue weighted by molar-refractivity contribution is 0.628. The topological polar surface area (TPSA) is 54.7 Å². The van der Waals surface area contributed by atoms with Gasteiger partial charge in [0.25, 0.3) is 0 Å². The van der Waals surface area contributed by atoms with Crippen LogP contribution in [-0.4, -0.2) is 16.0 Å². The van der Waals surface area contributed by atoms with E-state index in [1.165, 1.54) is 6.07 Å². The summed E-state index contributed by atoms with van der Waals surface area (Å²) in [4.78, 5) is 7.35. The summed E-state index contributed by atoms with van der Waals surface area (Å²) in [5.41, 5.74) is 7.30. The molecular weight excluding hydrogens is 241 g/mol. The van der Waals surface area contributed by atoms with Crippen molar-refractivity contribution in [2.45, 2.75) is 19.4 Å². The summed E-state index contributed by atoms with van der Waals surface area (Å²) < 4.78 is 13.0. The molecule has 2 aromatic rings. The predicted octanol–water partition coefficient (Wildman–Crippen LogP) is 2.76. The molecule has 3 nitrogen and oxygen atoms in total. The molecule has 1 aromatic carbocycles. The first-order chi connectivity index (χ1) is 8.06. The van der Waals surface area contributed by atoms with Gasteiger partial charge in [-0.25, -0.2) is 9.37 Å². The summed E-state index contributed by atoms with van der Waals surface area (Å²) >= 11 is 5.73. The van der Waals surface area contributed by atoms with E-state index in [4.69, 9.17) is 17.3 Å². The second-order valence-corrected chi connectivity index (χ2v) is 4.46. The van der Waals surface area contributed by atoms with E-state index in [0.717, 1.165) is 17.1 Å². The largest absolute Gasteiger partial charge is 0.342 e. The summed E-state index contributed by atoms with van der Waals surface area (Å²) in [6.45, 7) is 1.91. The minimum atomic E-state index is -0.425. The number of hydrogen-bond donors (Lipinski definition) is 2. The highest BCUT2D eigenvalue weighted by molar-refractivity contribution is 6.31. The van der Waals surface area contributed by atoms with E-state index in [9.17, 15) is 4.39 Å². The Morgan fingerprint density at radius 1 is 1.53 bits per heavy atom. The van der Waals surface area contributed by atoms with Crippen LogP contribution in [0.4, 0.5) is 4.39 Å². The summed E-state index contributed by atoms with van der Waals surface area (Å²) in [5, 5.41) is 0.103. The number of halogens is 2. The first-order valence-electron chi connectivity index (χ1n) is 5.31. The summed E-state index contributed by atoms with van der Waals surface area (Å²) in [6, 6.07) is 4.61. The molecule has 2 rings (SSSR count). The van der Waals surface area contributed by atoms with Crippen LogP contribution >= 0.6 is 11.6 Å². The third-order valence-electron chi connectivity index (χ3n) is 2.37. The number of aromatic amines is 1. The Morgan fingerprint density at radius 2 is 2.29 bits per heavy atom. The van der Waals surface area contributed by atoms with Crippen LogP contribution in [0, 0.1) is 5.82 Å². The van der Waals surface area contributed by atoms with Crippen molar-refractivity contribution in [2.75, 3.05) is 0 Å². The smallest absolute Gasteiger partial charge is 0.141 e. The molecular formula is C12H13ClFN3. The Bertz CT molecular complexity index is 522. The molecule has 1 heterocycles. The number of benzene rings is 1. The summed E-state index contributed by atoms with van der Waals surface area (Å²) in [6.07, 6.45) is 2.37. The lowest BCUT2D eigenvalue weighted by atomic mass is 10.2. The molecule has 0 bridgehead atoms. The number of nitrogens with zero attached hydrogens (tertiary/aromatic N) is 1. The number of hydrogen-bond acceptors (Lipinski definition) is 2. The second kappa shape index (κ2) is 4.85. The van der Waals surface area contributed by atoms with Crippen LogP contribution in [-0.2, 0) is 6.42 Å². The van der Waals surface area contributed by atoms with Gasteiger partial charge in [-0.05, 0) is 25.1 Å². The SMILES string of the molecule is CC(N)Cc1ncc(-c2ccc(F)c(Cl)c2)[nH]1. The van der Waals surface area contributed by atoms with E-state index < -0.39 is 5.82 Å². The Balaban J connectivity index is 2.27. The van der Waals surface area contributed by atoms with Crippen LogP contribution < -0.4 is 5.73 Å². The van der Waals surface area contributed by atoms with Gasteiger partial charge in [0.15, 0.2) is 0 Å². The van der Waals surface area contributed by atoms with Crippen molar-refractivity contribution in [3.8, 4) is 11.3 Å². The molecule has 0 saturated carbocycles. The molecule has 1 atom stereocenters. The van der Waals surface area contributed by atoms with Gasteiger partial charge >= 0.3 is 0 Å². The highest BCUT2D eigenvalue weighted by Gasteiger charge is 2.07. The van der Waals surface area contributed by atoms with Crippen molar-refractivity contribution in [1.82, 2.24) is 9.97 Å². The fraction of sp³-hybridized carbons (Fsp3) is 0.250. The van der Waals surface area contributed by atoms with Crippen LogP contribution in [0.15, 0.2) is 24.4 Å². The normalized spacial score (nSPS) is 12.7. The van der Waals surface area contributed by atoms with Crippen molar-refractivity contribution >= 4 is 11.6 Å². The van der Waals surface area contributed by atoms with Gasteiger partial charge in [-0.1, -0.05) is 11.6 Å². The molecule has 0 aliphatic heterocycles. The molecule has 0 saturated heterocycles. The molecule has 0 aliphatic carbocycles.